The monoisotopic (exact) mass is 200 g/mol. The lowest BCUT2D eigenvalue weighted by molar-refractivity contribution is 0.573. The van der Waals surface area contributed by atoms with Gasteiger partial charge in [0.2, 0.25) is 0 Å². The summed E-state index contributed by atoms with van der Waals surface area (Å²) >= 11 is 5.75. The minimum Gasteiger partial charge on any atom is -0.333 e. The number of halogens is 1. The number of hydrogen-bond donors (Lipinski definition) is 0. The van der Waals surface area contributed by atoms with Crippen LogP contribution in [-0.4, -0.2) is 9.55 Å². The van der Waals surface area contributed by atoms with Crippen LogP contribution in [0.3, 0.4) is 0 Å². The SMILES string of the molecule is CCCCCCn1cncc1CCl. The lowest BCUT2D eigenvalue weighted by atomic mass is 10.2. The van der Waals surface area contributed by atoms with Gasteiger partial charge in [-0.05, 0) is 6.42 Å². The Morgan fingerprint density at radius 1 is 1.38 bits per heavy atom. The number of rotatable bonds is 6. The molecule has 0 atom stereocenters. The third kappa shape index (κ3) is 3.39. The van der Waals surface area contributed by atoms with Crippen molar-refractivity contribution in [1.29, 1.82) is 0 Å². The molecule has 0 aliphatic heterocycles. The van der Waals surface area contributed by atoms with Crippen LogP contribution in [0.5, 0.6) is 0 Å². The molecule has 3 heteroatoms. The van der Waals surface area contributed by atoms with Gasteiger partial charge < -0.3 is 4.57 Å². The molecule has 1 rings (SSSR count). The van der Waals surface area contributed by atoms with Gasteiger partial charge >= 0.3 is 0 Å². The normalized spacial score (nSPS) is 10.6. The summed E-state index contributed by atoms with van der Waals surface area (Å²) in [5, 5.41) is 0. The van der Waals surface area contributed by atoms with Crippen molar-refractivity contribution >= 4 is 11.6 Å². The lowest BCUT2D eigenvalue weighted by Crippen LogP contribution is -1.99. The molecule has 0 aliphatic rings. The van der Waals surface area contributed by atoms with Crippen molar-refractivity contribution in [2.45, 2.75) is 45.0 Å². The molecule has 0 N–H and O–H groups in total. The summed E-state index contributed by atoms with van der Waals surface area (Å²) < 4.78 is 2.14. The molecule has 0 saturated carbocycles. The highest BCUT2D eigenvalue weighted by Gasteiger charge is 1.98. The van der Waals surface area contributed by atoms with Crippen LogP contribution < -0.4 is 0 Å². The van der Waals surface area contributed by atoms with Crippen LogP contribution in [0.25, 0.3) is 0 Å². The molecule has 2 nitrogen and oxygen atoms in total. The van der Waals surface area contributed by atoms with Crippen molar-refractivity contribution in [3.8, 4) is 0 Å². The van der Waals surface area contributed by atoms with E-state index in [-0.39, 0.29) is 0 Å². The first-order valence-corrected chi connectivity index (χ1v) is 5.47. The number of aryl methyl sites for hydroxylation is 1. The lowest BCUT2D eigenvalue weighted by Gasteiger charge is -2.04. The van der Waals surface area contributed by atoms with Crippen LogP contribution in [-0.2, 0) is 12.4 Å². The molecular weight excluding hydrogens is 184 g/mol. The molecule has 0 radical (unpaired) electrons. The van der Waals surface area contributed by atoms with Crippen molar-refractivity contribution in [2.24, 2.45) is 0 Å². The fourth-order valence-corrected chi connectivity index (χ4v) is 1.59. The third-order valence-corrected chi connectivity index (χ3v) is 2.46. The predicted octanol–water partition coefficient (Wildman–Crippen LogP) is 3.20. The van der Waals surface area contributed by atoms with E-state index in [1.54, 1.807) is 0 Å². The Morgan fingerprint density at radius 3 is 2.92 bits per heavy atom. The summed E-state index contributed by atoms with van der Waals surface area (Å²) in [7, 11) is 0. The Kier molecular flexibility index (Phi) is 4.91. The number of hydrogen-bond acceptors (Lipinski definition) is 1. The summed E-state index contributed by atoms with van der Waals surface area (Å²) in [4.78, 5) is 4.07. The minimum atomic E-state index is 0.563. The van der Waals surface area contributed by atoms with E-state index in [2.05, 4.69) is 16.5 Å². The number of imidazole rings is 1. The smallest absolute Gasteiger partial charge is 0.0948 e. The van der Waals surface area contributed by atoms with E-state index >= 15 is 0 Å². The molecule has 0 fully saturated rings. The zero-order chi connectivity index (χ0) is 9.52. The molecule has 0 bridgehead atoms. The number of nitrogens with zero attached hydrogens (tertiary/aromatic N) is 2. The maximum absolute atomic E-state index is 5.75. The molecule has 0 aliphatic carbocycles. The van der Waals surface area contributed by atoms with E-state index in [4.69, 9.17) is 11.6 Å². The zero-order valence-corrected chi connectivity index (χ0v) is 8.93. The highest BCUT2D eigenvalue weighted by Crippen LogP contribution is 2.06. The molecular formula is C10H17ClN2. The van der Waals surface area contributed by atoms with Gasteiger partial charge in [-0.1, -0.05) is 26.2 Å². The average Bonchev–Trinajstić information content (AvgIpc) is 2.60. The standard InChI is InChI=1S/C10H17ClN2/c1-2-3-4-5-6-13-9-12-8-10(13)7-11/h8-9H,2-7H2,1H3. The second-order valence-electron chi connectivity index (χ2n) is 3.27. The second kappa shape index (κ2) is 6.03. The quantitative estimate of drug-likeness (QED) is 0.510. The van der Waals surface area contributed by atoms with Crippen molar-refractivity contribution in [2.75, 3.05) is 0 Å². The first-order chi connectivity index (χ1) is 6.38. The van der Waals surface area contributed by atoms with Crippen LogP contribution in [0.1, 0.15) is 38.3 Å². The van der Waals surface area contributed by atoms with E-state index in [1.165, 1.54) is 25.7 Å². The van der Waals surface area contributed by atoms with Crippen LogP contribution >= 0.6 is 11.6 Å². The molecule has 0 aromatic carbocycles. The van der Waals surface area contributed by atoms with Gasteiger partial charge in [0.1, 0.15) is 0 Å². The molecule has 0 unspecified atom stereocenters. The van der Waals surface area contributed by atoms with Crippen molar-refractivity contribution in [3.05, 3.63) is 18.2 Å². The van der Waals surface area contributed by atoms with Crippen molar-refractivity contribution < 1.29 is 0 Å². The highest BCUT2D eigenvalue weighted by atomic mass is 35.5. The first kappa shape index (κ1) is 10.6. The van der Waals surface area contributed by atoms with Crippen LogP contribution in [0, 0.1) is 0 Å². The molecule has 13 heavy (non-hydrogen) atoms. The van der Waals surface area contributed by atoms with Crippen molar-refractivity contribution in [1.82, 2.24) is 9.55 Å². The third-order valence-electron chi connectivity index (χ3n) is 2.19. The summed E-state index contributed by atoms with van der Waals surface area (Å²) in [6.45, 7) is 3.28. The Morgan fingerprint density at radius 2 is 2.23 bits per heavy atom. The van der Waals surface area contributed by atoms with Gasteiger partial charge in [0.05, 0.1) is 17.9 Å². The van der Waals surface area contributed by atoms with Gasteiger partial charge in [0.15, 0.2) is 0 Å². The maximum Gasteiger partial charge on any atom is 0.0948 e. The van der Waals surface area contributed by atoms with E-state index < -0.39 is 0 Å². The van der Waals surface area contributed by atoms with Crippen LogP contribution in [0.2, 0.25) is 0 Å². The number of alkyl halides is 1. The zero-order valence-electron chi connectivity index (χ0n) is 8.17. The number of unbranched alkanes of at least 4 members (excludes halogenated alkanes) is 3. The molecule has 1 aromatic heterocycles. The highest BCUT2D eigenvalue weighted by molar-refractivity contribution is 6.16. The number of aromatic nitrogens is 2. The van der Waals surface area contributed by atoms with E-state index in [9.17, 15) is 0 Å². The van der Waals surface area contributed by atoms with Crippen molar-refractivity contribution in [3.63, 3.8) is 0 Å². The fraction of sp³-hybridized carbons (Fsp3) is 0.700. The Labute approximate surface area is 84.9 Å². The maximum atomic E-state index is 5.75. The largest absolute Gasteiger partial charge is 0.333 e. The summed E-state index contributed by atoms with van der Waals surface area (Å²) in [5.41, 5.74) is 1.12. The summed E-state index contributed by atoms with van der Waals surface area (Å²) in [5.74, 6) is 0.563. The molecule has 1 heterocycles. The predicted molar refractivity (Wildman–Crippen MR) is 55.9 cm³/mol. The first-order valence-electron chi connectivity index (χ1n) is 4.93. The second-order valence-corrected chi connectivity index (χ2v) is 3.54. The van der Waals surface area contributed by atoms with Crippen LogP contribution in [0.4, 0.5) is 0 Å². The Balaban J connectivity index is 2.27. The van der Waals surface area contributed by atoms with Gasteiger partial charge in [-0.3, -0.25) is 0 Å². The topological polar surface area (TPSA) is 17.8 Å². The Bertz CT molecular complexity index is 233. The molecule has 74 valence electrons. The van der Waals surface area contributed by atoms with Crippen LogP contribution in [0.15, 0.2) is 12.5 Å². The molecule has 1 aromatic rings. The van der Waals surface area contributed by atoms with Gasteiger partial charge in [-0.25, -0.2) is 4.98 Å². The van der Waals surface area contributed by atoms with Gasteiger partial charge in [0.25, 0.3) is 0 Å². The molecule has 0 spiro atoms. The van der Waals surface area contributed by atoms with Gasteiger partial charge in [-0.2, -0.15) is 0 Å². The van der Waals surface area contributed by atoms with Gasteiger partial charge in [0, 0.05) is 12.7 Å². The molecule has 0 amide bonds. The fourth-order valence-electron chi connectivity index (χ4n) is 1.37. The Hall–Kier alpha value is -0.500. The summed E-state index contributed by atoms with van der Waals surface area (Å²) in [6, 6.07) is 0. The minimum absolute atomic E-state index is 0.563. The summed E-state index contributed by atoms with van der Waals surface area (Å²) in [6.07, 6.45) is 8.85. The van der Waals surface area contributed by atoms with E-state index in [1.807, 2.05) is 12.5 Å². The molecule has 0 saturated heterocycles. The van der Waals surface area contributed by atoms with E-state index in [0.717, 1.165) is 12.2 Å². The van der Waals surface area contributed by atoms with E-state index in [0.29, 0.717) is 5.88 Å². The van der Waals surface area contributed by atoms with Gasteiger partial charge in [-0.15, -0.1) is 11.6 Å². The average molecular weight is 201 g/mol.